The molecule has 3 aromatic rings. The second kappa shape index (κ2) is 5.54. The number of carbonyl (C=O) groups is 1. The molecule has 0 unspecified atom stereocenters. The molecular formula is C15H11ClFN3O. The summed E-state index contributed by atoms with van der Waals surface area (Å²) in [6.07, 6.45) is 3.39. The minimum atomic E-state index is -0.312. The number of aromatic nitrogens is 2. The molecule has 1 amide bonds. The van der Waals surface area contributed by atoms with E-state index >= 15 is 0 Å². The Labute approximate surface area is 125 Å². The van der Waals surface area contributed by atoms with Gasteiger partial charge in [-0.1, -0.05) is 11.6 Å². The number of benzene rings is 1. The molecule has 0 saturated heterocycles. The highest BCUT2D eigenvalue weighted by atomic mass is 35.5. The summed E-state index contributed by atoms with van der Waals surface area (Å²) in [5.41, 5.74) is 2.06. The van der Waals surface area contributed by atoms with Gasteiger partial charge in [0.1, 0.15) is 11.0 Å². The van der Waals surface area contributed by atoms with Crippen LogP contribution in [0.3, 0.4) is 0 Å². The maximum Gasteiger partial charge on any atom is 0.228 e. The molecule has 0 saturated carbocycles. The Hall–Kier alpha value is -2.40. The lowest BCUT2D eigenvalue weighted by Crippen LogP contribution is -2.14. The molecule has 3 rings (SSSR count). The van der Waals surface area contributed by atoms with E-state index in [1.165, 1.54) is 18.3 Å². The summed E-state index contributed by atoms with van der Waals surface area (Å²) < 4.78 is 13.1. The van der Waals surface area contributed by atoms with Crippen molar-refractivity contribution in [2.24, 2.45) is 0 Å². The van der Waals surface area contributed by atoms with Gasteiger partial charge in [0.15, 0.2) is 0 Å². The summed E-state index contributed by atoms with van der Waals surface area (Å²) in [5.74, 6) is -0.489. The molecule has 0 aliphatic heterocycles. The van der Waals surface area contributed by atoms with Crippen molar-refractivity contribution in [1.82, 2.24) is 9.97 Å². The van der Waals surface area contributed by atoms with Gasteiger partial charge in [-0.25, -0.2) is 9.37 Å². The van der Waals surface area contributed by atoms with Crippen molar-refractivity contribution in [1.29, 1.82) is 0 Å². The van der Waals surface area contributed by atoms with E-state index in [-0.39, 0.29) is 18.1 Å². The van der Waals surface area contributed by atoms with E-state index in [0.717, 1.165) is 10.9 Å². The van der Waals surface area contributed by atoms with Crippen LogP contribution < -0.4 is 5.32 Å². The SMILES string of the molecule is O=C(Cc1c[nH]c2cc(F)ccc12)Nc1ccc(Cl)nc1. The Balaban J connectivity index is 1.75. The maximum absolute atomic E-state index is 13.1. The van der Waals surface area contributed by atoms with Crippen LogP contribution in [-0.2, 0) is 11.2 Å². The number of rotatable bonds is 3. The molecule has 6 heteroatoms. The van der Waals surface area contributed by atoms with Crippen molar-refractivity contribution >= 4 is 34.1 Å². The van der Waals surface area contributed by atoms with E-state index in [9.17, 15) is 9.18 Å². The summed E-state index contributed by atoms with van der Waals surface area (Å²) in [6.45, 7) is 0. The number of hydrogen-bond donors (Lipinski definition) is 2. The molecule has 0 radical (unpaired) electrons. The predicted octanol–water partition coefficient (Wildman–Crippen LogP) is 3.54. The number of nitrogens with zero attached hydrogens (tertiary/aromatic N) is 1. The summed E-state index contributed by atoms with van der Waals surface area (Å²) in [5, 5.41) is 3.94. The molecule has 1 aromatic carbocycles. The van der Waals surface area contributed by atoms with Gasteiger partial charge >= 0.3 is 0 Å². The fraction of sp³-hybridized carbons (Fsp3) is 0.0667. The molecule has 2 aromatic heterocycles. The molecule has 0 aliphatic carbocycles. The number of halogens is 2. The van der Waals surface area contributed by atoms with Crippen LogP contribution in [0.1, 0.15) is 5.56 Å². The van der Waals surface area contributed by atoms with Crippen LogP contribution in [0, 0.1) is 5.82 Å². The number of amides is 1. The highest BCUT2D eigenvalue weighted by Crippen LogP contribution is 2.20. The van der Waals surface area contributed by atoms with Gasteiger partial charge in [-0.05, 0) is 35.9 Å². The molecular weight excluding hydrogens is 293 g/mol. The molecule has 21 heavy (non-hydrogen) atoms. The topological polar surface area (TPSA) is 57.8 Å². The lowest BCUT2D eigenvalue weighted by atomic mass is 10.1. The third kappa shape index (κ3) is 3.03. The van der Waals surface area contributed by atoms with E-state index in [0.29, 0.717) is 16.4 Å². The van der Waals surface area contributed by atoms with Crippen molar-refractivity contribution in [2.75, 3.05) is 5.32 Å². The van der Waals surface area contributed by atoms with Crippen LogP contribution in [0.15, 0.2) is 42.7 Å². The number of anilines is 1. The average molecular weight is 304 g/mol. The van der Waals surface area contributed by atoms with E-state index in [1.54, 1.807) is 24.4 Å². The molecule has 2 N–H and O–H groups in total. The number of hydrogen-bond acceptors (Lipinski definition) is 2. The average Bonchev–Trinajstić information content (AvgIpc) is 2.83. The predicted molar refractivity (Wildman–Crippen MR) is 79.8 cm³/mol. The normalized spacial score (nSPS) is 10.8. The van der Waals surface area contributed by atoms with Gasteiger partial charge in [-0.15, -0.1) is 0 Å². The minimum absolute atomic E-state index is 0.177. The van der Waals surface area contributed by atoms with Crippen molar-refractivity contribution in [2.45, 2.75) is 6.42 Å². The smallest absolute Gasteiger partial charge is 0.228 e. The Morgan fingerprint density at radius 2 is 2.19 bits per heavy atom. The second-order valence-electron chi connectivity index (χ2n) is 4.60. The summed E-state index contributed by atoms with van der Waals surface area (Å²) in [7, 11) is 0. The number of H-pyrrole nitrogens is 1. The number of aromatic amines is 1. The maximum atomic E-state index is 13.1. The van der Waals surface area contributed by atoms with Crippen LogP contribution in [0.25, 0.3) is 10.9 Å². The number of pyridine rings is 1. The zero-order chi connectivity index (χ0) is 14.8. The van der Waals surface area contributed by atoms with Crippen LogP contribution in [0.5, 0.6) is 0 Å². The van der Waals surface area contributed by atoms with Gasteiger partial charge in [0, 0.05) is 17.1 Å². The van der Waals surface area contributed by atoms with Gasteiger partial charge in [-0.2, -0.15) is 0 Å². The van der Waals surface area contributed by atoms with E-state index < -0.39 is 0 Å². The van der Waals surface area contributed by atoms with Crippen molar-refractivity contribution in [3.05, 3.63) is 59.3 Å². The van der Waals surface area contributed by atoms with Crippen molar-refractivity contribution in [3.8, 4) is 0 Å². The minimum Gasteiger partial charge on any atom is -0.361 e. The fourth-order valence-corrected chi connectivity index (χ4v) is 2.24. The highest BCUT2D eigenvalue weighted by molar-refractivity contribution is 6.29. The quantitative estimate of drug-likeness (QED) is 0.727. The number of carbonyl (C=O) groups excluding carboxylic acids is 1. The van der Waals surface area contributed by atoms with Gasteiger partial charge < -0.3 is 10.3 Å². The van der Waals surface area contributed by atoms with Crippen LogP contribution in [0.2, 0.25) is 5.15 Å². The number of nitrogens with one attached hydrogen (secondary N) is 2. The molecule has 0 atom stereocenters. The van der Waals surface area contributed by atoms with Gasteiger partial charge in [0.25, 0.3) is 0 Å². The first kappa shape index (κ1) is 13.6. The standard InChI is InChI=1S/C15H11ClFN3O/c16-14-4-2-11(8-19-14)20-15(21)5-9-7-18-13-6-10(17)1-3-12(9)13/h1-4,6-8,18H,5H2,(H,20,21). The zero-order valence-corrected chi connectivity index (χ0v) is 11.6. The molecule has 0 spiro atoms. The van der Waals surface area contributed by atoms with Crippen LogP contribution in [-0.4, -0.2) is 15.9 Å². The molecule has 0 fully saturated rings. The largest absolute Gasteiger partial charge is 0.361 e. The first-order valence-electron chi connectivity index (χ1n) is 6.29. The van der Waals surface area contributed by atoms with Gasteiger partial charge in [0.2, 0.25) is 5.91 Å². The Bertz CT molecular complexity index is 798. The van der Waals surface area contributed by atoms with Gasteiger partial charge in [0.05, 0.1) is 18.3 Å². The summed E-state index contributed by atoms with van der Waals surface area (Å²) >= 11 is 5.68. The third-order valence-corrected chi connectivity index (χ3v) is 3.32. The molecule has 4 nitrogen and oxygen atoms in total. The number of fused-ring (bicyclic) bond motifs is 1. The monoisotopic (exact) mass is 303 g/mol. The zero-order valence-electron chi connectivity index (χ0n) is 10.9. The van der Waals surface area contributed by atoms with Gasteiger partial charge in [-0.3, -0.25) is 4.79 Å². The van der Waals surface area contributed by atoms with E-state index in [1.807, 2.05) is 0 Å². The lowest BCUT2D eigenvalue weighted by molar-refractivity contribution is -0.115. The van der Waals surface area contributed by atoms with E-state index in [4.69, 9.17) is 11.6 Å². The highest BCUT2D eigenvalue weighted by Gasteiger charge is 2.10. The fourth-order valence-electron chi connectivity index (χ4n) is 2.13. The summed E-state index contributed by atoms with van der Waals surface area (Å²) in [4.78, 5) is 18.9. The van der Waals surface area contributed by atoms with E-state index in [2.05, 4.69) is 15.3 Å². The van der Waals surface area contributed by atoms with Crippen molar-refractivity contribution in [3.63, 3.8) is 0 Å². The Morgan fingerprint density at radius 3 is 2.95 bits per heavy atom. The molecule has 0 bridgehead atoms. The first-order valence-corrected chi connectivity index (χ1v) is 6.66. The third-order valence-electron chi connectivity index (χ3n) is 3.09. The lowest BCUT2D eigenvalue weighted by Gasteiger charge is -2.04. The van der Waals surface area contributed by atoms with Crippen LogP contribution >= 0.6 is 11.6 Å². The Kier molecular flexibility index (Phi) is 3.58. The molecule has 0 aliphatic rings. The summed E-state index contributed by atoms with van der Waals surface area (Å²) in [6, 6.07) is 7.72. The van der Waals surface area contributed by atoms with Crippen LogP contribution in [0.4, 0.5) is 10.1 Å². The Morgan fingerprint density at radius 1 is 1.33 bits per heavy atom. The first-order chi connectivity index (χ1) is 10.1. The molecule has 106 valence electrons. The second-order valence-corrected chi connectivity index (χ2v) is 4.99. The molecule has 2 heterocycles. The van der Waals surface area contributed by atoms with Crippen molar-refractivity contribution < 1.29 is 9.18 Å².